The number of carbonyl (C=O) groups is 1. The molecule has 1 N–H and O–H groups in total. The van der Waals surface area contributed by atoms with E-state index in [1.165, 1.54) is 47.2 Å². The molecule has 2 heterocycles. The Morgan fingerprint density at radius 2 is 1.93 bits per heavy atom. The molecule has 29 heavy (non-hydrogen) atoms. The second-order valence-corrected chi connectivity index (χ2v) is 10.7. The number of H-pyrrole nitrogens is 1. The molecule has 0 radical (unpaired) electrons. The highest BCUT2D eigenvalue weighted by atomic mass is 16.2. The molecule has 1 amide bonds. The summed E-state index contributed by atoms with van der Waals surface area (Å²) in [5.74, 6) is 1.87. The van der Waals surface area contributed by atoms with E-state index in [1.54, 1.807) is 0 Å². The third-order valence-electron chi connectivity index (χ3n) is 8.72. The van der Waals surface area contributed by atoms with Crippen LogP contribution in [0.2, 0.25) is 0 Å². The summed E-state index contributed by atoms with van der Waals surface area (Å²) in [7, 11) is 0. The predicted octanol–water partition coefficient (Wildman–Crippen LogP) is 4.45. The van der Waals surface area contributed by atoms with Crippen molar-refractivity contribution in [3.63, 3.8) is 0 Å². The van der Waals surface area contributed by atoms with Gasteiger partial charge in [-0.15, -0.1) is 0 Å². The smallest absolute Gasteiger partial charge is 0.229 e. The number of rotatable bonds is 2. The van der Waals surface area contributed by atoms with Gasteiger partial charge in [-0.05, 0) is 86.3 Å². The van der Waals surface area contributed by atoms with Crippen molar-refractivity contribution >= 4 is 5.91 Å². The molecule has 2 unspecified atom stereocenters. The summed E-state index contributed by atoms with van der Waals surface area (Å²) in [4.78, 5) is 16.1. The lowest BCUT2D eigenvalue weighted by molar-refractivity contribution is -0.161. The lowest BCUT2D eigenvalue weighted by atomic mass is 9.42. The Labute approximate surface area is 173 Å². The van der Waals surface area contributed by atoms with Gasteiger partial charge in [0.15, 0.2) is 0 Å². The van der Waals surface area contributed by atoms with Crippen molar-refractivity contribution in [2.24, 2.45) is 17.3 Å². The number of hydrogen-bond acceptors (Lipinski definition) is 2. The summed E-state index contributed by atoms with van der Waals surface area (Å²) in [6.07, 6.45) is 10.0. The fourth-order valence-electron chi connectivity index (χ4n) is 7.65. The Kier molecular flexibility index (Phi) is 3.65. The Balaban J connectivity index is 1.35. The van der Waals surface area contributed by atoms with Gasteiger partial charge < -0.3 is 4.90 Å². The van der Waals surface area contributed by atoms with E-state index in [-0.39, 0.29) is 10.8 Å². The fourth-order valence-corrected chi connectivity index (χ4v) is 7.65. The first-order valence-electron chi connectivity index (χ1n) is 11.3. The van der Waals surface area contributed by atoms with E-state index in [4.69, 9.17) is 0 Å². The summed E-state index contributed by atoms with van der Waals surface area (Å²) in [6.45, 7) is 6.00. The molecule has 0 spiro atoms. The zero-order chi connectivity index (χ0) is 19.8. The van der Waals surface area contributed by atoms with E-state index in [0.29, 0.717) is 5.91 Å². The second-order valence-electron chi connectivity index (χ2n) is 10.7. The Bertz CT molecular complexity index is 976. The quantitative estimate of drug-likeness (QED) is 0.825. The van der Waals surface area contributed by atoms with Gasteiger partial charge in [-0.2, -0.15) is 5.10 Å². The molecule has 4 aliphatic carbocycles. The number of aryl methyl sites for hydroxylation is 2. The maximum Gasteiger partial charge on any atom is 0.229 e. The van der Waals surface area contributed by atoms with Crippen molar-refractivity contribution < 1.29 is 4.79 Å². The van der Waals surface area contributed by atoms with Gasteiger partial charge in [0.1, 0.15) is 0 Å². The first-order valence-corrected chi connectivity index (χ1v) is 11.3. The van der Waals surface area contributed by atoms with E-state index < -0.39 is 0 Å². The van der Waals surface area contributed by atoms with Crippen molar-refractivity contribution in [1.29, 1.82) is 0 Å². The first kappa shape index (κ1) is 17.7. The van der Waals surface area contributed by atoms with Crippen molar-refractivity contribution in [2.45, 2.75) is 70.8 Å². The highest BCUT2D eigenvalue weighted by Crippen LogP contribution is 2.66. The normalized spacial score (nSPS) is 35.0. The lowest BCUT2D eigenvalue weighted by Gasteiger charge is -2.62. The van der Waals surface area contributed by atoms with Crippen LogP contribution in [0.3, 0.4) is 0 Å². The maximum atomic E-state index is 14.0. The molecule has 4 nitrogen and oxygen atoms in total. The SMILES string of the molecule is Cc1ccc(C23CC4CC(CC(C(=O)N5CCc6[nH]ncc6C5)(C4)C2)C3)cc1C. The molecule has 1 aromatic carbocycles. The Hall–Kier alpha value is -2.10. The second kappa shape index (κ2) is 5.96. The van der Waals surface area contributed by atoms with E-state index >= 15 is 0 Å². The molecule has 4 bridgehead atoms. The van der Waals surface area contributed by atoms with Crippen molar-refractivity contribution in [2.75, 3.05) is 6.54 Å². The highest BCUT2D eigenvalue weighted by Gasteiger charge is 2.61. The van der Waals surface area contributed by atoms with Gasteiger partial charge in [-0.25, -0.2) is 0 Å². The monoisotopic (exact) mass is 389 g/mol. The molecule has 7 rings (SSSR count). The minimum Gasteiger partial charge on any atom is -0.337 e. The van der Waals surface area contributed by atoms with Gasteiger partial charge in [0.05, 0.1) is 11.6 Å². The number of carbonyl (C=O) groups excluding carboxylic acids is 1. The van der Waals surface area contributed by atoms with Crippen molar-refractivity contribution in [3.05, 3.63) is 52.3 Å². The largest absolute Gasteiger partial charge is 0.337 e. The molecule has 1 aliphatic heterocycles. The molecule has 2 aromatic rings. The van der Waals surface area contributed by atoms with Crippen LogP contribution < -0.4 is 0 Å². The Morgan fingerprint density at radius 3 is 2.69 bits per heavy atom. The third kappa shape index (κ3) is 2.57. The van der Waals surface area contributed by atoms with Crippen LogP contribution in [-0.4, -0.2) is 27.5 Å². The molecular formula is C25H31N3O. The molecule has 152 valence electrons. The molecule has 5 aliphatic rings. The maximum absolute atomic E-state index is 14.0. The van der Waals surface area contributed by atoms with Crippen LogP contribution in [0, 0.1) is 31.1 Å². The number of nitrogens with one attached hydrogen (secondary N) is 1. The average Bonchev–Trinajstić information content (AvgIpc) is 3.16. The number of nitrogens with zero attached hydrogens (tertiary/aromatic N) is 2. The van der Waals surface area contributed by atoms with Gasteiger partial charge in [-0.3, -0.25) is 9.89 Å². The minimum atomic E-state index is -0.135. The number of hydrogen-bond donors (Lipinski definition) is 1. The summed E-state index contributed by atoms with van der Waals surface area (Å²) >= 11 is 0. The number of benzene rings is 1. The predicted molar refractivity (Wildman–Crippen MR) is 112 cm³/mol. The van der Waals surface area contributed by atoms with Crippen molar-refractivity contribution in [1.82, 2.24) is 15.1 Å². The van der Waals surface area contributed by atoms with Gasteiger partial charge in [0.2, 0.25) is 5.91 Å². The highest BCUT2D eigenvalue weighted by molar-refractivity contribution is 5.84. The van der Waals surface area contributed by atoms with Crippen LogP contribution in [0.5, 0.6) is 0 Å². The van der Waals surface area contributed by atoms with E-state index in [2.05, 4.69) is 47.1 Å². The van der Waals surface area contributed by atoms with Crippen LogP contribution in [0.4, 0.5) is 0 Å². The van der Waals surface area contributed by atoms with Gasteiger partial charge in [-0.1, -0.05) is 18.2 Å². The molecule has 2 atom stereocenters. The Morgan fingerprint density at radius 1 is 1.14 bits per heavy atom. The van der Waals surface area contributed by atoms with Crippen LogP contribution in [0.25, 0.3) is 0 Å². The lowest BCUT2D eigenvalue weighted by Crippen LogP contribution is -2.60. The van der Waals surface area contributed by atoms with Gasteiger partial charge in [0.25, 0.3) is 0 Å². The standard InChI is InChI=1S/C25H31N3O/c1-16-3-4-21(7-17(16)2)24-9-18-8-19(10-24)12-25(11-18,15-24)23(29)28-6-5-22-20(14-28)13-26-27-22/h3-4,7,13,18-19H,5-6,8-12,14-15H2,1-2H3,(H,26,27). The molecule has 0 saturated heterocycles. The van der Waals surface area contributed by atoms with Gasteiger partial charge in [0, 0.05) is 30.8 Å². The fraction of sp³-hybridized carbons (Fsp3) is 0.600. The van der Waals surface area contributed by atoms with Crippen LogP contribution in [-0.2, 0) is 23.2 Å². The zero-order valence-corrected chi connectivity index (χ0v) is 17.6. The van der Waals surface area contributed by atoms with Crippen LogP contribution in [0.15, 0.2) is 24.4 Å². The number of aromatic amines is 1. The topological polar surface area (TPSA) is 49.0 Å². The van der Waals surface area contributed by atoms with Crippen molar-refractivity contribution in [3.8, 4) is 0 Å². The zero-order valence-electron chi connectivity index (χ0n) is 17.6. The van der Waals surface area contributed by atoms with Gasteiger partial charge >= 0.3 is 0 Å². The molecule has 4 fully saturated rings. The molecule has 4 heteroatoms. The third-order valence-corrected chi connectivity index (χ3v) is 8.72. The van der Waals surface area contributed by atoms with E-state index in [0.717, 1.165) is 50.6 Å². The van der Waals surface area contributed by atoms with Crippen LogP contribution >= 0.6 is 0 Å². The molecule has 4 saturated carbocycles. The number of fused-ring (bicyclic) bond motifs is 1. The number of amides is 1. The van der Waals surface area contributed by atoms with Crippen LogP contribution in [0.1, 0.15) is 66.5 Å². The minimum absolute atomic E-state index is 0.135. The summed E-state index contributed by atoms with van der Waals surface area (Å²) in [5, 5.41) is 7.29. The first-order chi connectivity index (χ1) is 14.0. The molecule has 1 aromatic heterocycles. The summed E-state index contributed by atoms with van der Waals surface area (Å²) in [6, 6.07) is 7.09. The summed E-state index contributed by atoms with van der Waals surface area (Å²) in [5.41, 5.74) is 6.77. The average molecular weight is 390 g/mol. The molecular weight excluding hydrogens is 358 g/mol. The number of aromatic nitrogens is 2. The summed E-state index contributed by atoms with van der Waals surface area (Å²) < 4.78 is 0. The van der Waals surface area contributed by atoms with E-state index in [1.807, 2.05) is 6.20 Å². The van der Waals surface area contributed by atoms with E-state index in [9.17, 15) is 4.79 Å².